The Balaban J connectivity index is 1.49. The molecule has 2 saturated carbocycles. The van der Waals surface area contributed by atoms with Crippen LogP contribution in [0.5, 0.6) is 0 Å². The number of nitrogens with one attached hydrogen (secondary N) is 1. The number of nitrogens with zero attached hydrogens (tertiary/aromatic N) is 1. The number of ketones is 1. The third-order valence-electron chi connectivity index (χ3n) is 6.74. The van der Waals surface area contributed by atoms with Crippen molar-refractivity contribution in [2.24, 2.45) is 11.3 Å². The lowest BCUT2D eigenvalue weighted by Crippen LogP contribution is -2.24. The Bertz CT molecular complexity index is 800. The van der Waals surface area contributed by atoms with Gasteiger partial charge in [0.1, 0.15) is 12.0 Å². The van der Waals surface area contributed by atoms with Crippen molar-refractivity contribution < 1.29 is 13.6 Å². The summed E-state index contributed by atoms with van der Waals surface area (Å²) < 4.78 is 27.9. The first-order valence-electron chi connectivity index (χ1n) is 9.96. The predicted octanol–water partition coefficient (Wildman–Crippen LogP) is 4.55. The van der Waals surface area contributed by atoms with E-state index in [0.29, 0.717) is 28.9 Å². The van der Waals surface area contributed by atoms with Crippen molar-refractivity contribution in [3.8, 4) is 0 Å². The summed E-state index contributed by atoms with van der Waals surface area (Å²) >= 11 is 0. The average molecular weight is 374 g/mol. The first-order valence-corrected chi connectivity index (χ1v) is 9.96. The summed E-state index contributed by atoms with van der Waals surface area (Å²) in [6.07, 6.45) is 4.89. The summed E-state index contributed by atoms with van der Waals surface area (Å²) in [6, 6.07) is 3.26. The second-order valence-electron chi connectivity index (χ2n) is 8.84. The number of anilines is 1. The first-order chi connectivity index (χ1) is 12.8. The van der Waals surface area contributed by atoms with Crippen molar-refractivity contribution in [3.05, 3.63) is 40.8 Å². The van der Waals surface area contributed by atoms with Gasteiger partial charge in [0, 0.05) is 42.5 Å². The van der Waals surface area contributed by atoms with Gasteiger partial charge in [0.05, 0.1) is 11.6 Å². The van der Waals surface area contributed by atoms with E-state index < -0.39 is 12.0 Å². The lowest BCUT2D eigenvalue weighted by molar-refractivity contribution is 0.103. The standard InChI is InChI=1S/C22H28F2N2O/c1-13(11-25-18-10-17(18)23)21(27)16-4-5-19(14(2)20(16)24)26-9-6-15(12-26)22(3)7-8-22/h4-5,11,15,17-18,25H,6-10,12H2,1-3H3/b13-11+/t15-,17+,18-/m1/s1. The van der Waals surface area contributed by atoms with Crippen LogP contribution in [0.25, 0.3) is 0 Å². The maximum Gasteiger partial charge on any atom is 0.193 e. The molecule has 0 amide bonds. The molecule has 4 rings (SSSR count). The number of benzene rings is 1. The van der Waals surface area contributed by atoms with E-state index in [0.717, 1.165) is 25.2 Å². The summed E-state index contributed by atoms with van der Waals surface area (Å²) in [7, 11) is 0. The predicted molar refractivity (Wildman–Crippen MR) is 103 cm³/mol. The Morgan fingerprint density at radius 2 is 2.07 bits per heavy atom. The normalized spacial score (nSPS) is 29.0. The molecule has 1 aromatic rings. The van der Waals surface area contributed by atoms with Crippen LogP contribution >= 0.6 is 0 Å². The minimum absolute atomic E-state index is 0.0873. The third-order valence-corrected chi connectivity index (χ3v) is 6.74. The van der Waals surface area contributed by atoms with Gasteiger partial charge >= 0.3 is 0 Å². The van der Waals surface area contributed by atoms with Gasteiger partial charge in [0.2, 0.25) is 0 Å². The molecule has 1 heterocycles. The second kappa shape index (κ2) is 6.61. The van der Waals surface area contributed by atoms with Crippen LogP contribution in [0, 0.1) is 24.1 Å². The second-order valence-corrected chi connectivity index (χ2v) is 8.84. The van der Waals surface area contributed by atoms with Gasteiger partial charge in [-0.1, -0.05) is 6.92 Å². The van der Waals surface area contributed by atoms with Crippen LogP contribution in [0.15, 0.2) is 23.9 Å². The fourth-order valence-corrected chi connectivity index (χ4v) is 4.19. The van der Waals surface area contributed by atoms with Crippen molar-refractivity contribution in [3.63, 3.8) is 0 Å². The highest BCUT2D eigenvalue weighted by Crippen LogP contribution is 2.54. The van der Waals surface area contributed by atoms with E-state index in [1.54, 1.807) is 19.9 Å². The molecule has 1 aromatic carbocycles. The molecule has 1 saturated heterocycles. The fourth-order valence-electron chi connectivity index (χ4n) is 4.19. The van der Waals surface area contributed by atoms with Gasteiger partial charge in [-0.15, -0.1) is 0 Å². The fraction of sp³-hybridized carbons (Fsp3) is 0.591. The van der Waals surface area contributed by atoms with E-state index in [4.69, 9.17) is 0 Å². The third kappa shape index (κ3) is 3.48. The SMILES string of the molecule is C/C(=C\N[C@@H]1C[C@@H]1F)C(=O)c1ccc(N2CC[C@@H](C3(C)CC3)C2)c(C)c1F. The van der Waals surface area contributed by atoms with Crippen molar-refractivity contribution in [1.29, 1.82) is 0 Å². The van der Waals surface area contributed by atoms with Gasteiger partial charge in [-0.25, -0.2) is 8.78 Å². The molecule has 0 radical (unpaired) electrons. The van der Waals surface area contributed by atoms with E-state index in [-0.39, 0.29) is 17.4 Å². The number of hydrogen-bond donors (Lipinski definition) is 1. The lowest BCUT2D eigenvalue weighted by Gasteiger charge is -2.24. The van der Waals surface area contributed by atoms with Gasteiger partial charge in [-0.05, 0) is 56.6 Å². The monoisotopic (exact) mass is 374 g/mol. The molecule has 0 aromatic heterocycles. The number of alkyl halides is 1. The Kier molecular flexibility index (Phi) is 4.52. The van der Waals surface area contributed by atoms with E-state index in [1.165, 1.54) is 19.0 Å². The van der Waals surface area contributed by atoms with E-state index in [1.807, 2.05) is 6.07 Å². The van der Waals surface area contributed by atoms with Gasteiger partial charge in [0.15, 0.2) is 5.78 Å². The maximum absolute atomic E-state index is 15.0. The van der Waals surface area contributed by atoms with Crippen molar-refractivity contribution >= 4 is 11.5 Å². The Labute approximate surface area is 159 Å². The highest BCUT2D eigenvalue weighted by atomic mass is 19.1. The van der Waals surface area contributed by atoms with Gasteiger partial charge in [-0.3, -0.25) is 4.79 Å². The molecule has 2 aliphatic carbocycles. The minimum atomic E-state index is -0.843. The smallest absolute Gasteiger partial charge is 0.193 e. The Morgan fingerprint density at radius 3 is 2.70 bits per heavy atom. The molecular weight excluding hydrogens is 346 g/mol. The topological polar surface area (TPSA) is 32.3 Å². The average Bonchev–Trinajstić information content (AvgIpc) is 3.50. The number of carbonyl (C=O) groups excluding carboxylic acids is 1. The summed E-state index contributed by atoms with van der Waals surface area (Å²) in [6.45, 7) is 7.66. The number of carbonyl (C=O) groups is 1. The van der Waals surface area contributed by atoms with Crippen LogP contribution < -0.4 is 10.2 Å². The molecule has 146 valence electrons. The number of allylic oxidation sites excluding steroid dienone is 1. The molecule has 0 bridgehead atoms. The van der Waals surface area contributed by atoms with E-state index in [2.05, 4.69) is 17.1 Å². The molecule has 0 unspecified atom stereocenters. The molecule has 27 heavy (non-hydrogen) atoms. The van der Waals surface area contributed by atoms with Gasteiger partial charge in [0.25, 0.3) is 0 Å². The zero-order valence-electron chi connectivity index (χ0n) is 16.3. The van der Waals surface area contributed by atoms with Crippen LogP contribution in [-0.2, 0) is 0 Å². The quantitative estimate of drug-likeness (QED) is 0.586. The van der Waals surface area contributed by atoms with Crippen LogP contribution in [0.2, 0.25) is 0 Å². The molecule has 3 nitrogen and oxygen atoms in total. The number of hydrogen-bond acceptors (Lipinski definition) is 3. The highest BCUT2D eigenvalue weighted by Gasteiger charge is 2.47. The van der Waals surface area contributed by atoms with Crippen LogP contribution in [0.3, 0.4) is 0 Å². The molecule has 3 aliphatic rings. The maximum atomic E-state index is 15.0. The summed E-state index contributed by atoms with van der Waals surface area (Å²) in [4.78, 5) is 14.9. The molecular formula is C22H28F2N2O. The highest BCUT2D eigenvalue weighted by molar-refractivity contribution is 6.08. The Hall–Kier alpha value is -1.91. The zero-order chi connectivity index (χ0) is 19.3. The molecule has 3 atom stereocenters. The largest absolute Gasteiger partial charge is 0.385 e. The van der Waals surface area contributed by atoms with Crippen molar-refractivity contribution in [2.45, 2.75) is 58.7 Å². The lowest BCUT2D eigenvalue weighted by atomic mass is 9.90. The molecule has 1 aliphatic heterocycles. The summed E-state index contributed by atoms with van der Waals surface area (Å²) in [5, 5.41) is 2.88. The first kappa shape index (κ1) is 18.5. The molecule has 5 heteroatoms. The van der Waals surface area contributed by atoms with Crippen LogP contribution in [0.4, 0.5) is 14.5 Å². The zero-order valence-corrected chi connectivity index (χ0v) is 16.3. The summed E-state index contributed by atoms with van der Waals surface area (Å²) in [5.74, 6) is -0.115. The van der Waals surface area contributed by atoms with Crippen molar-refractivity contribution in [2.75, 3.05) is 18.0 Å². The number of halogens is 2. The van der Waals surface area contributed by atoms with E-state index >= 15 is 0 Å². The van der Waals surface area contributed by atoms with E-state index in [9.17, 15) is 13.6 Å². The Morgan fingerprint density at radius 1 is 1.37 bits per heavy atom. The molecule has 3 fully saturated rings. The number of Topliss-reactive ketones (excluding diaryl/α,β-unsaturated/α-hetero) is 1. The van der Waals surface area contributed by atoms with Crippen LogP contribution in [-0.4, -0.2) is 31.1 Å². The molecule has 0 spiro atoms. The van der Waals surface area contributed by atoms with Gasteiger partial charge in [-0.2, -0.15) is 0 Å². The summed E-state index contributed by atoms with van der Waals surface area (Å²) in [5.41, 5.74) is 2.39. The number of rotatable bonds is 6. The molecule has 1 N–H and O–H groups in total. The van der Waals surface area contributed by atoms with Crippen molar-refractivity contribution in [1.82, 2.24) is 5.32 Å². The minimum Gasteiger partial charge on any atom is -0.385 e. The van der Waals surface area contributed by atoms with Crippen LogP contribution in [0.1, 0.15) is 55.5 Å². The van der Waals surface area contributed by atoms with Gasteiger partial charge < -0.3 is 10.2 Å².